The molecule has 190 valence electrons. The van der Waals surface area contributed by atoms with Crippen LogP contribution in [0.1, 0.15) is 45.7 Å². The van der Waals surface area contributed by atoms with Crippen LogP contribution in [0.3, 0.4) is 0 Å². The number of aliphatic imine (C=N–C) groups is 1. The number of amides is 1. The molecule has 0 saturated carbocycles. The summed E-state index contributed by atoms with van der Waals surface area (Å²) in [5, 5.41) is 13.3. The number of rotatable bonds is 14. The molecule has 2 aromatic rings. The van der Waals surface area contributed by atoms with Crippen molar-refractivity contribution >= 4 is 50.7 Å². The van der Waals surface area contributed by atoms with Gasteiger partial charge in [0, 0.05) is 18.5 Å². The van der Waals surface area contributed by atoms with Gasteiger partial charge in [0.05, 0.1) is 10.6 Å². The quantitative estimate of drug-likeness (QED) is 0.0885. The summed E-state index contributed by atoms with van der Waals surface area (Å²) < 4.78 is 28.2. The van der Waals surface area contributed by atoms with E-state index in [1.165, 1.54) is 35.7 Å². The minimum Gasteiger partial charge on any atom is -0.480 e. The van der Waals surface area contributed by atoms with Gasteiger partial charge in [0.25, 0.3) is 15.9 Å². The monoisotopic (exact) mass is 524 g/mol. The molecule has 0 aliphatic heterocycles. The lowest BCUT2D eigenvalue weighted by Crippen LogP contribution is -2.40. The van der Waals surface area contributed by atoms with Gasteiger partial charge in [-0.2, -0.15) is 0 Å². The van der Waals surface area contributed by atoms with Crippen LogP contribution in [0.2, 0.25) is 0 Å². The number of ketones is 1. The Morgan fingerprint density at radius 1 is 1.14 bits per heavy atom. The zero-order chi connectivity index (χ0) is 26.0. The topological polar surface area (TPSA) is 220 Å². The van der Waals surface area contributed by atoms with E-state index in [9.17, 15) is 27.9 Å². The summed E-state index contributed by atoms with van der Waals surface area (Å²) in [6, 6.07) is 5.71. The Morgan fingerprint density at radius 3 is 2.54 bits per heavy atom. The molecule has 0 aliphatic carbocycles. The van der Waals surface area contributed by atoms with E-state index in [-0.39, 0.29) is 52.2 Å². The molecule has 1 heterocycles. The van der Waals surface area contributed by atoms with E-state index < -0.39 is 27.9 Å². The fourth-order valence-corrected chi connectivity index (χ4v) is 4.93. The molecule has 35 heavy (non-hydrogen) atoms. The first-order valence-corrected chi connectivity index (χ1v) is 12.9. The van der Waals surface area contributed by atoms with E-state index in [4.69, 9.17) is 17.2 Å². The van der Waals surface area contributed by atoms with Crippen LogP contribution in [-0.2, 0) is 14.8 Å². The van der Waals surface area contributed by atoms with Gasteiger partial charge >= 0.3 is 5.97 Å². The van der Waals surface area contributed by atoms with Crippen molar-refractivity contribution in [3.8, 4) is 0 Å². The van der Waals surface area contributed by atoms with Gasteiger partial charge in [-0.05, 0) is 49.4 Å². The molecule has 0 unspecified atom stereocenters. The molecule has 14 heteroatoms. The first-order valence-electron chi connectivity index (χ1n) is 10.6. The number of carbonyl (C=O) groups excluding carboxylic acids is 2. The Bertz CT molecular complexity index is 1190. The van der Waals surface area contributed by atoms with Crippen molar-refractivity contribution in [2.45, 2.75) is 36.6 Å². The van der Waals surface area contributed by atoms with Gasteiger partial charge in [-0.1, -0.05) is 12.1 Å². The standard InChI is InChI=1S/C21H28N6O6S2/c22-9-2-7-17(28)13-4-1-5-14(12-13)35(32,33)27-15-8-11-34-18(15)19(29)26-16(20(30)31)6-3-10-25-21(23)24/h1,4-5,8,11-12,16,27H,2-3,6-7,9-10,22H2,(H,26,29)(H,30,31)(H4,23,24,25)/t16-/m0/s1. The molecule has 12 nitrogen and oxygen atoms in total. The number of nitrogens with zero attached hydrogens (tertiary/aromatic N) is 1. The number of hydrogen-bond donors (Lipinski definition) is 6. The predicted molar refractivity (Wildman–Crippen MR) is 133 cm³/mol. The number of sulfonamides is 1. The number of nitrogens with one attached hydrogen (secondary N) is 2. The van der Waals surface area contributed by atoms with Gasteiger partial charge in [-0.15, -0.1) is 11.3 Å². The smallest absolute Gasteiger partial charge is 0.326 e. The molecule has 0 bridgehead atoms. The number of thiophene rings is 1. The largest absolute Gasteiger partial charge is 0.480 e. The summed E-state index contributed by atoms with van der Waals surface area (Å²) in [5.74, 6) is -2.36. The highest BCUT2D eigenvalue weighted by molar-refractivity contribution is 7.92. The number of carboxylic acid groups (broad SMARTS) is 1. The van der Waals surface area contributed by atoms with E-state index in [1.807, 2.05) is 0 Å². The Labute approximate surface area is 206 Å². The molecule has 0 spiro atoms. The van der Waals surface area contributed by atoms with Gasteiger partial charge in [0.15, 0.2) is 11.7 Å². The maximum atomic E-state index is 12.9. The summed E-state index contributed by atoms with van der Waals surface area (Å²) in [5.41, 5.74) is 16.1. The van der Waals surface area contributed by atoms with E-state index in [0.717, 1.165) is 11.3 Å². The van der Waals surface area contributed by atoms with Crippen molar-refractivity contribution in [1.29, 1.82) is 0 Å². The molecular weight excluding hydrogens is 496 g/mol. The maximum Gasteiger partial charge on any atom is 0.326 e. The van der Waals surface area contributed by atoms with Gasteiger partial charge in [-0.3, -0.25) is 19.3 Å². The van der Waals surface area contributed by atoms with Crippen LogP contribution in [0.25, 0.3) is 0 Å². The third-order valence-corrected chi connectivity index (χ3v) is 7.02. The molecule has 0 aliphatic rings. The second-order valence-corrected chi connectivity index (χ2v) is 10.0. The summed E-state index contributed by atoms with van der Waals surface area (Å²) in [4.78, 5) is 40.1. The fraction of sp³-hybridized carbons (Fsp3) is 0.333. The lowest BCUT2D eigenvalue weighted by molar-refractivity contribution is -0.139. The van der Waals surface area contributed by atoms with Crippen molar-refractivity contribution < 1.29 is 27.9 Å². The average molecular weight is 525 g/mol. The number of carboxylic acids is 1. The van der Waals surface area contributed by atoms with Gasteiger partial charge in [-0.25, -0.2) is 13.2 Å². The molecule has 0 saturated heterocycles. The summed E-state index contributed by atoms with van der Waals surface area (Å²) in [7, 11) is -4.14. The normalized spacial score (nSPS) is 11.9. The Hall–Kier alpha value is -3.49. The molecular formula is C21H28N6O6S2. The van der Waals surface area contributed by atoms with Crippen LogP contribution in [0.15, 0.2) is 45.6 Å². The van der Waals surface area contributed by atoms with Gasteiger partial charge < -0.3 is 27.6 Å². The summed E-state index contributed by atoms with van der Waals surface area (Å²) >= 11 is 0.944. The summed E-state index contributed by atoms with van der Waals surface area (Å²) in [6.45, 7) is 0.535. The number of Topliss-reactive ketones (excluding diaryl/α,β-unsaturated/α-hetero) is 1. The first kappa shape index (κ1) is 27.8. The van der Waals surface area contributed by atoms with E-state index in [2.05, 4.69) is 15.0 Å². The fourth-order valence-electron chi connectivity index (χ4n) is 3.00. The first-order chi connectivity index (χ1) is 16.5. The van der Waals surface area contributed by atoms with Crippen molar-refractivity contribution in [1.82, 2.24) is 5.32 Å². The lowest BCUT2D eigenvalue weighted by Gasteiger charge is -2.15. The third kappa shape index (κ3) is 8.35. The van der Waals surface area contributed by atoms with Crippen LogP contribution in [0.4, 0.5) is 5.69 Å². The minimum absolute atomic E-state index is 0.0146. The molecule has 0 radical (unpaired) electrons. The van der Waals surface area contributed by atoms with Crippen LogP contribution >= 0.6 is 11.3 Å². The number of guanidine groups is 1. The van der Waals surface area contributed by atoms with Crippen LogP contribution in [0.5, 0.6) is 0 Å². The minimum atomic E-state index is -4.14. The molecule has 1 atom stereocenters. The van der Waals surface area contributed by atoms with Crippen LogP contribution in [-0.4, -0.2) is 56.3 Å². The highest BCUT2D eigenvalue weighted by Crippen LogP contribution is 2.26. The van der Waals surface area contributed by atoms with Gasteiger partial charge in [0.1, 0.15) is 10.9 Å². The van der Waals surface area contributed by atoms with Gasteiger partial charge in [0.2, 0.25) is 0 Å². The number of anilines is 1. The predicted octanol–water partition coefficient (Wildman–Crippen LogP) is 0.707. The Kier molecular flexibility index (Phi) is 10.2. The highest BCUT2D eigenvalue weighted by atomic mass is 32.2. The molecule has 1 aromatic carbocycles. The second-order valence-electron chi connectivity index (χ2n) is 7.43. The molecule has 9 N–H and O–H groups in total. The molecule has 0 fully saturated rings. The zero-order valence-electron chi connectivity index (χ0n) is 18.8. The molecule has 1 aromatic heterocycles. The molecule has 2 rings (SSSR count). The number of hydrogen-bond acceptors (Lipinski definition) is 8. The number of carbonyl (C=O) groups is 3. The van der Waals surface area contributed by atoms with Crippen molar-refractivity contribution in [2.24, 2.45) is 22.2 Å². The second kappa shape index (κ2) is 12.8. The van der Waals surface area contributed by atoms with E-state index >= 15 is 0 Å². The SMILES string of the molecule is NCCCC(=O)c1cccc(S(=O)(=O)Nc2ccsc2C(=O)N[C@@H](CCCN=C(N)N)C(=O)O)c1. The van der Waals surface area contributed by atoms with Crippen molar-refractivity contribution in [3.05, 3.63) is 46.2 Å². The third-order valence-electron chi connectivity index (χ3n) is 4.74. The Balaban J connectivity index is 2.15. The van der Waals surface area contributed by atoms with Crippen molar-refractivity contribution in [2.75, 3.05) is 17.8 Å². The number of benzene rings is 1. The highest BCUT2D eigenvalue weighted by Gasteiger charge is 2.25. The Morgan fingerprint density at radius 2 is 1.89 bits per heavy atom. The lowest BCUT2D eigenvalue weighted by atomic mass is 10.1. The number of aliphatic carboxylic acids is 1. The number of nitrogens with two attached hydrogens (primary N) is 3. The van der Waals surface area contributed by atoms with E-state index in [0.29, 0.717) is 19.4 Å². The molecule has 1 amide bonds. The average Bonchev–Trinajstić information content (AvgIpc) is 3.26. The van der Waals surface area contributed by atoms with Crippen LogP contribution < -0.4 is 27.2 Å². The summed E-state index contributed by atoms with van der Waals surface area (Å²) in [6.07, 6.45) is 1.04. The van der Waals surface area contributed by atoms with Crippen LogP contribution in [0, 0.1) is 0 Å². The van der Waals surface area contributed by atoms with E-state index in [1.54, 1.807) is 0 Å². The zero-order valence-corrected chi connectivity index (χ0v) is 20.4. The van der Waals surface area contributed by atoms with Crippen molar-refractivity contribution in [3.63, 3.8) is 0 Å². The maximum absolute atomic E-state index is 12.9.